The van der Waals surface area contributed by atoms with E-state index in [9.17, 15) is 9.59 Å². The number of carbonyl (C=O) groups excluding carboxylic acids is 1. The lowest BCUT2D eigenvalue weighted by molar-refractivity contribution is 0.0317. The summed E-state index contributed by atoms with van der Waals surface area (Å²) < 4.78 is 0.942. The van der Waals surface area contributed by atoms with Crippen LogP contribution in [0.4, 0.5) is 0 Å². The van der Waals surface area contributed by atoms with E-state index in [0.717, 1.165) is 22.4 Å². The molecule has 2 heterocycles. The van der Waals surface area contributed by atoms with Gasteiger partial charge in [0.2, 0.25) is 0 Å². The van der Waals surface area contributed by atoms with Crippen LogP contribution in [-0.2, 0) is 0 Å². The third kappa shape index (κ3) is 3.12. The number of unbranched alkanes of at least 4 members (excludes halogenated alkanes) is 1. The zero-order valence-electron chi connectivity index (χ0n) is 13.1. The van der Waals surface area contributed by atoms with E-state index >= 15 is 0 Å². The Hall–Kier alpha value is -3.16. The summed E-state index contributed by atoms with van der Waals surface area (Å²) >= 11 is 0. The van der Waals surface area contributed by atoms with Crippen LogP contribution in [0, 0.1) is 0 Å². The van der Waals surface area contributed by atoms with Gasteiger partial charge in [0.1, 0.15) is 17.6 Å². The third-order valence-electron chi connectivity index (χ3n) is 3.33. The molecule has 0 atom stereocenters. The van der Waals surface area contributed by atoms with Gasteiger partial charge in [-0.05, 0) is 29.8 Å². The number of nitrogens with zero attached hydrogens (tertiary/aromatic N) is 4. The molecule has 0 unspecified atom stereocenters. The molecule has 124 valence electrons. The van der Waals surface area contributed by atoms with Gasteiger partial charge in [0, 0.05) is 6.07 Å². The largest absolute Gasteiger partial charge is 0.410 e. The highest BCUT2D eigenvalue weighted by Crippen LogP contribution is 2.09. The number of carbonyl (C=O) groups is 1. The Kier molecular flexibility index (Phi) is 4.55. The van der Waals surface area contributed by atoms with Crippen molar-refractivity contribution in [3.05, 3.63) is 58.5 Å². The first-order valence-corrected chi connectivity index (χ1v) is 7.59. The van der Waals surface area contributed by atoms with Crippen LogP contribution in [0.2, 0.25) is 0 Å². The van der Waals surface area contributed by atoms with Crippen LogP contribution in [0.25, 0.3) is 11.0 Å². The SMILES string of the molecule is CCCCOn1c(C(=O)On2nnc3ccccc32)cccc1=O. The summed E-state index contributed by atoms with van der Waals surface area (Å²) in [7, 11) is 0. The lowest BCUT2D eigenvalue weighted by Crippen LogP contribution is -2.34. The molecule has 0 N–H and O–H groups in total. The van der Waals surface area contributed by atoms with Crippen molar-refractivity contribution in [3.8, 4) is 0 Å². The maximum atomic E-state index is 12.4. The Labute approximate surface area is 137 Å². The fourth-order valence-electron chi connectivity index (χ4n) is 2.10. The molecule has 0 radical (unpaired) electrons. The molecule has 0 spiro atoms. The second kappa shape index (κ2) is 6.95. The van der Waals surface area contributed by atoms with Crippen molar-refractivity contribution >= 4 is 17.0 Å². The molecule has 3 aromatic rings. The molecule has 0 bridgehead atoms. The molecule has 0 aliphatic carbocycles. The number of hydrogen-bond acceptors (Lipinski definition) is 6. The number of para-hydroxylation sites is 1. The second-order valence-corrected chi connectivity index (χ2v) is 5.06. The van der Waals surface area contributed by atoms with Crippen molar-refractivity contribution in [3.63, 3.8) is 0 Å². The van der Waals surface area contributed by atoms with Crippen LogP contribution in [-0.4, -0.2) is 32.5 Å². The minimum Gasteiger partial charge on any atom is -0.410 e. The normalized spacial score (nSPS) is 10.7. The van der Waals surface area contributed by atoms with Crippen LogP contribution in [0.15, 0.2) is 47.3 Å². The molecular formula is C16H16N4O4. The van der Waals surface area contributed by atoms with Crippen molar-refractivity contribution in [1.29, 1.82) is 0 Å². The van der Waals surface area contributed by atoms with Gasteiger partial charge in [-0.1, -0.05) is 36.4 Å². The van der Waals surface area contributed by atoms with E-state index in [-0.39, 0.29) is 5.69 Å². The minimum atomic E-state index is -0.764. The lowest BCUT2D eigenvalue weighted by Gasteiger charge is -2.12. The van der Waals surface area contributed by atoms with Gasteiger partial charge in [0.25, 0.3) is 5.56 Å². The van der Waals surface area contributed by atoms with Gasteiger partial charge in [-0.15, -0.1) is 9.83 Å². The lowest BCUT2D eigenvalue weighted by atomic mass is 10.3. The summed E-state index contributed by atoms with van der Waals surface area (Å²) in [6, 6.07) is 11.3. The monoisotopic (exact) mass is 328 g/mol. The molecule has 1 aromatic carbocycles. The second-order valence-electron chi connectivity index (χ2n) is 5.06. The first kappa shape index (κ1) is 15.7. The molecule has 8 nitrogen and oxygen atoms in total. The Morgan fingerprint density at radius 1 is 1.17 bits per heavy atom. The summed E-state index contributed by atoms with van der Waals surface area (Å²) in [6.45, 7) is 2.33. The summed E-state index contributed by atoms with van der Waals surface area (Å²) in [5, 5.41) is 7.69. The van der Waals surface area contributed by atoms with E-state index in [2.05, 4.69) is 10.3 Å². The quantitative estimate of drug-likeness (QED) is 0.497. The van der Waals surface area contributed by atoms with Crippen LogP contribution < -0.4 is 15.2 Å². The van der Waals surface area contributed by atoms with Gasteiger partial charge in [0.15, 0.2) is 5.69 Å². The van der Waals surface area contributed by atoms with E-state index < -0.39 is 11.5 Å². The molecular weight excluding hydrogens is 312 g/mol. The number of hydrogen-bond donors (Lipinski definition) is 0. The zero-order chi connectivity index (χ0) is 16.9. The summed E-state index contributed by atoms with van der Waals surface area (Å²) in [6.07, 6.45) is 1.68. The average Bonchev–Trinajstić information content (AvgIpc) is 2.99. The van der Waals surface area contributed by atoms with Crippen molar-refractivity contribution in [1.82, 2.24) is 19.9 Å². The summed E-state index contributed by atoms with van der Waals surface area (Å²) in [5.41, 5.74) is 0.680. The smallest absolute Gasteiger partial charge is 0.385 e. The van der Waals surface area contributed by atoms with E-state index in [1.807, 2.05) is 6.92 Å². The molecule has 0 aliphatic rings. The molecule has 0 saturated heterocycles. The van der Waals surface area contributed by atoms with Crippen molar-refractivity contribution in [2.45, 2.75) is 19.8 Å². The Morgan fingerprint density at radius 2 is 2.00 bits per heavy atom. The minimum absolute atomic E-state index is 0.0156. The standard InChI is InChI=1S/C16H16N4O4/c1-2-3-11-23-19-14(9-6-10-15(19)21)16(22)24-20-13-8-5-4-7-12(13)17-18-20/h4-10H,2-3,11H2,1H3. The maximum Gasteiger partial charge on any atom is 0.385 e. The number of fused-ring (bicyclic) bond motifs is 1. The molecule has 0 fully saturated rings. The number of aromatic nitrogens is 4. The van der Waals surface area contributed by atoms with Gasteiger partial charge in [0.05, 0.1) is 0 Å². The van der Waals surface area contributed by atoms with Gasteiger partial charge in [-0.25, -0.2) is 4.79 Å². The molecule has 0 saturated carbocycles. The van der Waals surface area contributed by atoms with Gasteiger partial charge < -0.3 is 9.68 Å². The average molecular weight is 328 g/mol. The highest BCUT2D eigenvalue weighted by Gasteiger charge is 2.18. The van der Waals surface area contributed by atoms with Crippen molar-refractivity contribution < 1.29 is 14.5 Å². The fraction of sp³-hybridized carbons (Fsp3) is 0.250. The highest BCUT2D eigenvalue weighted by atomic mass is 16.7. The van der Waals surface area contributed by atoms with Crippen LogP contribution in [0.1, 0.15) is 30.3 Å². The first-order valence-electron chi connectivity index (χ1n) is 7.59. The van der Waals surface area contributed by atoms with Gasteiger partial charge in [-0.2, -0.15) is 0 Å². The molecule has 3 rings (SSSR count). The Balaban J connectivity index is 1.87. The number of rotatable bonds is 6. The van der Waals surface area contributed by atoms with E-state index in [1.165, 1.54) is 18.2 Å². The molecule has 8 heteroatoms. The summed E-state index contributed by atoms with van der Waals surface area (Å²) in [4.78, 5) is 36.0. The van der Waals surface area contributed by atoms with Crippen molar-refractivity contribution in [2.24, 2.45) is 0 Å². The first-order chi connectivity index (χ1) is 11.7. The summed E-state index contributed by atoms with van der Waals surface area (Å²) in [5.74, 6) is -0.764. The van der Waals surface area contributed by atoms with E-state index in [0.29, 0.717) is 17.6 Å². The van der Waals surface area contributed by atoms with Crippen molar-refractivity contribution in [2.75, 3.05) is 6.61 Å². The van der Waals surface area contributed by atoms with Gasteiger partial charge >= 0.3 is 5.97 Å². The van der Waals surface area contributed by atoms with E-state index in [1.54, 1.807) is 24.3 Å². The highest BCUT2D eigenvalue weighted by molar-refractivity contribution is 5.88. The van der Waals surface area contributed by atoms with Crippen LogP contribution in [0.5, 0.6) is 0 Å². The Bertz CT molecular complexity index is 916. The predicted octanol–water partition coefficient (Wildman–Crippen LogP) is 1.09. The maximum absolute atomic E-state index is 12.4. The van der Waals surface area contributed by atoms with E-state index in [4.69, 9.17) is 9.68 Å². The fourth-order valence-corrected chi connectivity index (χ4v) is 2.10. The number of pyridine rings is 1. The topological polar surface area (TPSA) is 88.2 Å². The molecule has 2 aromatic heterocycles. The van der Waals surface area contributed by atoms with Crippen LogP contribution in [0.3, 0.4) is 0 Å². The molecule has 0 aliphatic heterocycles. The Morgan fingerprint density at radius 3 is 2.83 bits per heavy atom. The predicted molar refractivity (Wildman–Crippen MR) is 85.5 cm³/mol. The van der Waals surface area contributed by atoms with Gasteiger partial charge in [-0.3, -0.25) is 4.79 Å². The molecule has 24 heavy (non-hydrogen) atoms. The zero-order valence-corrected chi connectivity index (χ0v) is 13.1. The third-order valence-corrected chi connectivity index (χ3v) is 3.33. The molecule has 0 amide bonds. The van der Waals surface area contributed by atoms with Crippen LogP contribution >= 0.6 is 0 Å². The number of benzene rings is 1.